The second-order valence-electron chi connectivity index (χ2n) is 8.09. The van der Waals surface area contributed by atoms with Gasteiger partial charge in [-0.3, -0.25) is 9.69 Å². The van der Waals surface area contributed by atoms with Gasteiger partial charge in [-0.25, -0.2) is 4.68 Å². The molecule has 1 amide bonds. The van der Waals surface area contributed by atoms with Crippen LogP contribution in [0.2, 0.25) is 0 Å². The van der Waals surface area contributed by atoms with Gasteiger partial charge in [-0.15, -0.1) is 0 Å². The summed E-state index contributed by atoms with van der Waals surface area (Å²) in [6.07, 6.45) is 0.367. The van der Waals surface area contributed by atoms with Crippen LogP contribution in [0.4, 0.5) is 5.69 Å². The third-order valence-corrected chi connectivity index (χ3v) is 6.02. The van der Waals surface area contributed by atoms with Gasteiger partial charge in [0.2, 0.25) is 5.91 Å². The first kappa shape index (κ1) is 21.1. The van der Waals surface area contributed by atoms with Crippen LogP contribution in [0.1, 0.15) is 17.0 Å². The van der Waals surface area contributed by atoms with E-state index in [-0.39, 0.29) is 5.91 Å². The summed E-state index contributed by atoms with van der Waals surface area (Å²) in [5.41, 5.74) is 5.25. The van der Waals surface area contributed by atoms with Crippen molar-refractivity contribution < 1.29 is 4.79 Å². The molecule has 1 aliphatic heterocycles. The lowest BCUT2D eigenvalue weighted by Gasteiger charge is -2.36. The molecule has 1 aliphatic rings. The fraction of sp³-hybridized carbons (Fsp3) is 0.360. The third-order valence-electron chi connectivity index (χ3n) is 6.02. The Morgan fingerprint density at radius 3 is 2.16 bits per heavy atom. The maximum atomic E-state index is 12.6. The van der Waals surface area contributed by atoms with E-state index in [9.17, 15) is 4.79 Å². The number of nitrogens with one attached hydrogen (secondary N) is 1. The Morgan fingerprint density at radius 2 is 1.52 bits per heavy atom. The Balaban J connectivity index is 1.24. The molecule has 0 atom stereocenters. The summed E-state index contributed by atoms with van der Waals surface area (Å²) >= 11 is 0. The van der Waals surface area contributed by atoms with Gasteiger partial charge in [-0.05, 0) is 38.1 Å². The van der Waals surface area contributed by atoms with Crippen LogP contribution in [-0.4, -0.2) is 59.9 Å². The van der Waals surface area contributed by atoms with Crippen molar-refractivity contribution in [3.8, 4) is 5.69 Å². The smallest absolute Gasteiger partial charge is 0.224 e. The number of carbonyl (C=O) groups is 1. The Hall–Kier alpha value is -3.12. The SMILES string of the molecule is Cc1nn(-c2ccccc2)c(C)c1CC(=O)NCCN1CCN(c2ccccc2)CC1. The maximum Gasteiger partial charge on any atom is 0.224 e. The molecule has 0 saturated carbocycles. The number of amides is 1. The minimum Gasteiger partial charge on any atom is -0.369 e. The molecule has 1 fully saturated rings. The van der Waals surface area contributed by atoms with E-state index in [0.29, 0.717) is 13.0 Å². The molecule has 4 rings (SSSR count). The van der Waals surface area contributed by atoms with E-state index in [1.807, 2.05) is 48.9 Å². The molecule has 0 unspecified atom stereocenters. The number of para-hydroxylation sites is 2. The normalized spacial score (nSPS) is 14.6. The number of rotatable bonds is 7. The highest BCUT2D eigenvalue weighted by Crippen LogP contribution is 2.18. The number of nitrogens with zero attached hydrogens (tertiary/aromatic N) is 4. The summed E-state index contributed by atoms with van der Waals surface area (Å²) in [5, 5.41) is 7.74. The number of aryl methyl sites for hydroxylation is 1. The van der Waals surface area contributed by atoms with Crippen molar-refractivity contribution in [2.75, 3.05) is 44.2 Å². The Morgan fingerprint density at radius 1 is 0.903 bits per heavy atom. The number of hydrogen-bond donors (Lipinski definition) is 1. The number of piperazine rings is 1. The Kier molecular flexibility index (Phi) is 6.67. The highest BCUT2D eigenvalue weighted by atomic mass is 16.1. The third kappa shape index (κ3) is 5.14. The van der Waals surface area contributed by atoms with Crippen molar-refractivity contribution in [1.82, 2.24) is 20.0 Å². The molecule has 0 spiro atoms. The highest BCUT2D eigenvalue weighted by molar-refractivity contribution is 5.79. The quantitative estimate of drug-likeness (QED) is 0.642. The van der Waals surface area contributed by atoms with Gasteiger partial charge in [-0.2, -0.15) is 5.10 Å². The molecule has 1 N–H and O–H groups in total. The van der Waals surface area contributed by atoms with Gasteiger partial charge in [0.25, 0.3) is 0 Å². The van der Waals surface area contributed by atoms with Gasteiger partial charge in [0.15, 0.2) is 0 Å². The van der Waals surface area contributed by atoms with Gasteiger partial charge in [0, 0.05) is 56.2 Å². The van der Waals surface area contributed by atoms with Gasteiger partial charge in [0.1, 0.15) is 0 Å². The van der Waals surface area contributed by atoms with Crippen LogP contribution >= 0.6 is 0 Å². The molecule has 1 aromatic heterocycles. The van der Waals surface area contributed by atoms with Gasteiger partial charge in [-0.1, -0.05) is 36.4 Å². The van der Waals surface area contributed by atoms with Crippen molar-refractivity contribution in [2.24, 2.45) is 0 Å². The first-order chi connectivity index (χ1) is 15.1. The first-order valence-electron chi connectivity index (χ1n) is 11.0. The lowest BCUT2D eigenvalue weighted by molar-refractivity contribution is -0.120. The van der Waals surface area contributed by atoms with Crippen molar-refractivity contribution in [3.05, 3.63) is 77.6 Å². The van der Waals surface area contributed by atoms with Gasteiger partial charge < -0.3 is 10.2 Å². The highest BCUT2D eigenvalue weighted by Gasteiger charge is 2.18. The molecular weight excluding hydrogens is 386 g/mol. The van der Waals surface area contributed by atoms with Gasteiger partial charge >= 0.3 is 0 Å². The topological polar surface area (TPSA) is 53.4 Å². The van der Waals surface area contributed by atoms with Crippen molar-refractivity contribution >= 4 is 11.6 Å². The van der Waals surface area contributed by atoms with E-state index < -0.39 is 0 Å². The number of anilines is 1. The fourth-order valence-electron chi connectivity index (χ4n) is 4.20. The molecule has 0 bridgehead atoms. The summed E-state index contributed by atoms with van der Waals surface area (Å²) in [5.74, 6) is 0.0572. The second-order valence-corrected chi connectivity index (χ2v) is 8.09. The summed E-state index contributed by atoms with van der Waals surface area (Å²) in [6.45, 7) is 9.65. The standard InChI is InChI=1S/C25H31N5O/c1-20-24(21(2)30(27-20)23-11-7-4-8-12-23)19-25(31)26-13-14-28-15-17-29(18-16-28)22-9-5-3-6-10-22/h3-12H,13-19H2,1-2H3,(H,26,31). The molecule has 3 aromatic rings. The molecule has 31 heavy (non-hydrogen) atoms. The minimum absolute atomic E-state index is 0.0572. The number of benzene rings is 2. The molecule has 1 saturated heterocycles. The average Bonchev–Trinajstić information content (AvgIpc) is 3.09. The summed E-state index contributed by atoms with van der Waals surface area (Å²) in [6, 6.07) is 20.6. The fourth-order valence-corrected chi connectivity index (χ4v) is 4.20. The minimum atomic E-state index is 0.0572. The van der Waals surface area contributed by atoms with Gasteiger partial charge in [0.05, 0.1) is 17.8 Å². The molecule has 162 valence electrons. The Labute approximate surface area is 184 Å². The first-order valence-corrected chi connectivity index (χ1v) is 11.0. The Bertz CT molecular complexity index is 992. The van der Waals surface area contributed by atoms with Crippen molar-refractivity contribution in [3.63, 3.8) is 0 Å². The summed E-state index contributed by atoms with van der Waals surface area (Å²) in [7, 11) is 0. The zero-order valence-corrected chi connectivity index (χ0v) is 18.4. The number of carbonyl (C=O) groups excluding carboxylic acids is 1. The van der Waals surface area contributed by atoms with Crippen molar-refractivity contribution in [1.29, 1.82) is 0 Å². The lowest BCUT2D eigenvalue weighted by Crippen LogP contribution is -2.48. The zero-order valence-electron chi connectivity index (χ0n) is 18.4. The summed E-state index contributed by atoms with van der Waals surface area (Å²) < 4.78 is 1.92. The molecule has 6 heteroatoms. The molecular formula is C25H31N5O. The predicted molar refractivity (Wildman–Crippen MR) is 125 cm³/mol. The van der Waals surface area contributed by atoms with E-state index in [0.717, 1.165) is 55.4 Å². The van der Waals surface area contributed by atoms with E-state index in [2.05, 4.69) is 50.5 Å². The summed E-state index contributed by atoms with van der Waals surface area (Å²) in [4.78, 5) is 17.4. The predicted octanol–water partition coefficient (Wildman–Crippen LogP) is 2.97. The van der Waals surface area contributed by atoms with E-state index in [1.165, 1.54) is 5.69 Å². The van der Waals surface area contributed by atoms with Crippen LogP contribution in [0.5, 0.6) is 0 Å². The van der Waals surface area contributed by atoms with Crippen LogP contribution < -0.4 is 10.2 Å². The average molecular weight is 418 g/mol. The van der Waals surface area contributed by atoms with Crippen LogP contribution in [0, 0.1) is 13.8 Å². The van der Waals surface area contributed by atoms with Crippen LogP contribution in [0.3, 0.4) is 0 Å². The van der Waals surface area contributed by atoms with E-state index >= 15 is 0 Å². The molecule has 2 aromatic carbocycles. The van der Waals surface area contributed by atoms with E-state index in [1.54, 1.807) is 0 Å². The molecule has 0 radical (unpaired) electrons. The second kappa shape index (κ2) is 9.79. The monoisotopic (exact) mass is 417 g/mol. The van der Waals surface area contributed by atoms with Crippen LogP contribution in [-0.2, 0) is 11.2 Å². The largest absolute Gasteiger partial charge is 0.369 e. The maximum absolute atomic E-state index is 12.6. The number of aromatic nitrogens is 2. The van der Waals surface area contributed by atoms with Crippen LogP contribution in [0.25, 0.3) is 5.69 Å². The molecule has 6 nitrogen and oxygen atoms in total. The van der Waals surface area contributed by atoms with Crippen molar-refractivity contribution in [2.45, 2.75) is 20.3 Å². The molecule has 2 heterocycles. The lowest BCUT2D eigenvalue weighted by atomic mass is 10.1. The molecule has 0 aliphatic carbocycles. The van der Waals surface area contributed by atoms with E-state index in [4.69, 9.17) is 0 Å². The zero-order chi connectivity index (χ0) is 21.6. The van der Waals surface area contributed by atoms with Crippen LogP contribution in [0.15, 0.2) is 60.7 Å². The number of hydrogen-bond acceptors (Lipinski definition) is 4.